The molecule has 29 heavy (non-hydrogen) atoms. The second-order valence-electron chi connectivity index (χ2n) is 6.68. The van der Waals surface area contributed by atoms with Crippen LogP contribution in [0.5, 0.6) is 5.75 Å². The maximum Gasteiger partial charge on any atom is 0.319 e. The molecule has 2 unspecified atom stereocenters. The highest BCUT2D eigenvalue weighted by atomic mass is 16.5. The summed E-state index contributed by atoms with van der Waals surface area (Å²) in [6.07, 6.45) is 0.827. The molecule has 1 fully saturated rings. The molecule has 8 heteroatoms. The lowest BCUT2D eigenvalue weighted by Crippen LogP contribution is -2.50. The van der Waals surface area contributed by atoms with Crippen LogP contribution in [0.1, 0.15) is 24.4 Å². The zero-order chi connectivity index (χ0) is 20.8. The summed E-state index contributed by atoms with van der Waals surface area (Å²) in [4.78, 5) is 37.7. The third-order valence-electron chi connectivity index (χ3n) is 4.86. The number of methoxy groups -OCH3 is 1. The molecule has 0 bridgehead atoms. The zero-order valence-corrected chi connectivity index (χ0v) is 16.0. The molecule has 2 aromatic carbocycles. The largest absolute Gasteiger partial charge is 0.548 e. The lowest BCUT2D eigenvalue weighted by atomic mass is 10.0. The summed E-state index contributed by atoms with van der Waals surface area (Å²) in [5, 5.41) is 16.6. The van der Waals surface area contributed by atoms with Crippen molar-refractivity contribution in [3.05, 3.63) is 60.2 Å². The van der Waals surface area contributed by atoms with Crippen LogP contribution in [0.2, 0.25) is 0 Å². The minimum absolute atomic E-state index is 0.309. The fraction of sp³-hybridized carbons (Fsp3) is 0.286. The Bertz CT molecular complexity index is 887. The Labute approximate surface area is 168 Å². The van der Waals surface area contributed by atoms with E-state index >= 15 is 0 Å². The van der Waals surface area contributed by atoms with Gasteiger partial charge in [0.15, 0.2) is 0 Å². The SMILES string of the molecule is COc1cccc(NC(=O)NCC(=O)N2C(C(=O)[O-])CCC2c2ccccc2)c1. The summed E-state index contributed by atoms with van der Waals surface area (Å²) in [6.45, 7) is -0.330. The van der Waals surface area contributed by atoms with Crippen LogP contribution in [0.3, 0.4) is 0 Å². The first-order chi connectivity index (χ1) is 14.0. The second kappa shape index (κ2) is 9.09. The summed E-state index contributed by atoms with van der Waals surface area (Å²) >= 11 is 0. The molecule has 1 heterocycles. The number of likely N-dealkylation sites (tertiary alicyclic amines) is 1. The highest BCUT2D eigenvalue weighted by molar-refractivity contribution is 5.93. The van der Waals surface area contributed by atoms with Gasteiger partial charge in [0, 0.05) is 11.8 Å². The van der Waals surface area contributed by atoms with Gasteiger partial charge in [0.2, 0.25) is 5.91 Å². The fourth-order valence-corrected chi connectivity index (χ4v) is 3.52. The van der Waals surface area contributed by atoms with E-state index in [1.807, 2.05) is 30.3 Å². The molecule has 152 valence electrons. The summed E-state index contributed by atoms with van der Waals surface area (Å²) in [5.41, 5.74) is 1.36. The predicted molar refractivity (Wildman–Crippen MR) is 104 cm³/mol. The van der Waals surface area contributed by atoms with Gasteiger partial charge in [-0.05, 0) is 30.5 Å². The number of nitrogens with zero attached hydrogens (tertiary/aromatic N) is 1. The van der Waals surface area contributed by atoms with E-state index in [1.165, 1.54) is 12.0 Å². The first-order valence-corrected chi connectivity index (χ1v) is 9.25. The standard InChI is InChI=1S/C21H23N3O5/c1-29-16-9-5-8-15(12-16)23-21(28)22-13-19(25)24-17(10-11-18(24)20(26)27)14-6-3-2-4-7-14/h2-9,12,17-18H,10-11,13H2,1H3,(H,26,27)(H2,22,23,28)/p-1. The first kappa shape index (κ1) is 20.2. The quantitative estimate of drug-likeness (QED) is 0.765. The Morgan fingerprint density at radius 3 is 2.55 bits per heavy atom. The number of hydrogen-bond donors (Lipinski definition) is 2. The van der Waals surface area contributed by atoms with Crippen molar-refractivity contribution < 1.29 is 24.2 Å². The van der Waals surface area contributed by atoms with Crippen LogP contribution >= 0.6 is 0 Å². The van der Waals surface area contributed by atoms with Gasteiger partial charge in [-0.3, -0.25) is 4.79 Å². The van der Waals surface area contributed by atoms with Crippen LogP contribution in [-0.2, 0) is 9.59 Å². The normalized spacial score (nSPS) is 18.2. The summed E-state index contributed by atoms with van der Waals surface area (Å²) in [5.74, 6) is -1.19. The maximum atomic E-state index is 12.8. The van der Waals surface area contributed by atoms with Gasteiger partial charge in [-0.1, -0.05) is 36.4 Å². The molecule has 0 aromatic heterocycles. The van der Waals surface area contributed by atoms with E-state index in [2.05, 4.69) is 10.6 Å². The van der Waals surface area contributed by atoms with Crippen molar-refractivity contribution in [2.75, 3.05) is 19.0 Å². The number of carbonyl (C=O) groups is 3. The van der Waals surface area contributed by atoms with Gasteiger partial charge in [-0.2, -0.15) is 0 Å². The Balaban J connectivity index is 1.65. The van der Waals surface area contributed by atoms with Crippen molar-refractivity contribution in [1.82, 2.24) is 10.2 Å². The van der Waals surface area contributed by atoms with Crippen molar-refractivity contribution in [2.45, 2.75) is 24.9 Å². The van der Waals surface area contributed by atoms with Crippen LogP contribution in [0.4, 0.5) is 10.5 Å². The number of amides is 3. The number of hydrogen-bond acceptors (Lipinski definition) is 5. The highest BCUT2D eigenvalue weighted by Crippen LogP contribution is 2.35. The van der Waals surface area contributed by atoms with Gasteiger partial charge in [0.1, 0.15) is 5.75 Å². The third kappa shape index (κ3) is 4.84. The maximum absolute atomic E-state index is 12.8. The molecule has 1 aliphatic heterocycles. The monoisotopic (exact) mass is 396 g/mol. The van der Waals surface area contributed by atoms with Crippen LogP contribution in [-0.4, -0.2) is 42.5 Å². The number of urea groups is 1. The van der Waals surface area contributed by atoms with Gasteiger partial charge in [-0.25, -0.2) is 4.79 Å². The van der Waals surface area contributed by atoms with E-state index < -0.39 is 23.9 Å². The molecule has 1 aliphatic rings. The average Bonchev–Trinajstić information content (AvgIpc) is 3.18. The van der Waals surface area contributed by atoms with Gasteiger partial charge < -0.3 is 30.2 Å². The predicted octanol–water partition coefficient (Wildman–Crippen LogP) is 1.30. The van der Waals surface area contributed by atoms with Crippen molar-refractivity contribution >= 4 is 23.6 Å². The van der Waals surface area contributed by atoms with Gasteiger partial charge >= 0.3 is 6.03 Å². The van der Waals surface area contributed by atoms with E-state index in [9.17, 15) is 19.5 Å². The van der Waals surface area contributed by atoms with Gasteiger partial charge in [0.25, 0.3) is 0 Å². The molecular formula is C21H22N3O5-. The number of carbonyl (C=O) groups excluding carboxylic acids is 3. The first-order valence-electron chi connectivity index (χ1n) is 9.25. The average molecular weight is 396 g/mol. The van der Waals surface area contributed by atoms with Gasteiger partial charge in [0.05, 0.1) is 31.7 Å². The van der Waals surface area contributed by atoms with Crippen LogP contribution < -0.4 is 20.5 Å². The molecule has 3 rings (SSSR count). The number of carboxylic acids is 1. The smallest absolute Gasteiger partial charge is 0.319 e. The molecule has 2 aromatic rings. The molecule has 2 N–H and O–H groups in total. The lowest BCUT2D eigenvalue weighted by molar-refractivity contribution is -0.310. The van der Waals surface area contributed by atoms with Crippen molar-refractivity contribution in [2.24, 2.45) is 0 Å². The zero-order valence-electron chi connectivity index (χ0n) is 16.0. The topological polar surface area (TPSA) is 111 Å². The molecule has 0 saturated carbocycles. The number of aliphatic carboxylic acids is 1. The van der Waals surface area contributed by atoms with E-state index in [1.54, 1.807) is 24.3 Å². The van der Waals surface area contributed by atoms with E-state index in [-0.39, 0.29) is 12.6 Å². The summed E-state index contributed by atoms with van der Waals surface area (Å²) < 4.78 is 5.10. The number of ether oxygens (including phenoxy) is 1. The Kier molecular flexibility index (Phi) is 6.33. The highest BCUT2D eigenvalue weighted by Gasteiger charge is 2.38. The number of rotatable bonds is 6. The molecular weight excluding hydrogens is 374 g/mol. The molecule has 0 spiro atoms. The minimum atomic E-state index is -1.29. The Morgan fingerprint density at radius 1 is 1.10 bits per heavy atom. The fourth-order valence-electron chi connectivity index (χ4n) is 3.52. The van der Waals surface area contributed by atoms with Gasteiger partial charge in [-0.15, -0.1) is 0 Å². The van der Waals surface area contributed by atoms with Crippen molar-refractivity contribution in [1.29, 1.82) is 0 Å². The number of benzene rings is 2. The van der Waals surface area contributed by atoms with E-state index in [0.717, 1.165) is 5.56 Å². The molecule has 1 saturated heterocycles. The van der Waals surface area contributed by atoms with Crippen LogP contribution in [0.15, 0.2) is 54.6 Å². The van der Waals surface area contributed by atoms with Crippen molar-refractivity contribution in [3.63, 3.8) is 0 Å². The number of carboxylic acid groups (broad SMARTS) is 1. The lowest BCUT2D eigenvalue weighted by Gasteiger charge is -2.31. The van der Waals surface area contributed by atoms with E-state index in [0.29, 0.717) is 24.3 Å². The molecule has 2 atom stereocenters. The molecule has 0 aliphatic carbocycles. The summed E-state index contributed by atoms with van der Waals surface area (Å²) in [7, 11) is 1.52. The van der Waals surface area contributed by atoms with Crippen molar-refractivity contribution in [3.8, 4) is 5.75 Å². The molecule has 8 nitrogen and oxygen atoms in total. The van der Waals surface area contributed by atoms with E-state index in [4.69, 9.17) is 4.74 Å². The second-order valence-corrected chi connectivity index (χ2v) is 6.68. The number of nitrogens with one attached hydrogen (secondary N) is 2. The summed E-state index contributed by atoms with van der Waals surface area (Å²) in [6, 6.07) is 14.1. The van der Waals surface area contributed by atoms with Crippen LogP contribution in [0, 0.1) is 0 Å². The number of anilines is 1. The Morgan fingerprint density at radius 2 is 1.86 bits per heavy atom. The van der Waals surface area contributed by atoms with Crippen LogP contribution in [0.25, 0.3) is 0 Å². The minimum Gasteiger partial charge on any atom is -0.548 e. The Hall–Kier alpha value is -3.55. The third-order valence-corrected chi connectivity index (χ3v) is 4.86. The molecule has 3 amide bonds. The molecule has 0 radical (unpaired) electrons.